The SMILES string of the molecule is Cc1nc(CC(C)C)oc1C(=O)N1CCCC1C1CCCCC1(C)O. The molecule has 3 unspecified atom stereocenters. The van der Waals surface area contributed by atoms with Gasteiger partial charge in [0.15, 0.2) is 5.89 Å². The molecule has 5 heteroatoms. The number of oxazole rings is 1. The Morgan fingerprint density at radius 1 is 1.36 bits per heavy atom. The van der Waals surface area contributed by atoms with Crippen molar-refractivity contribution in [3.05, 3.63) is 17.3 Å². The summed E-state index contributed by atoms with van der Waals surface area (Å²) in [7, 11) is 0. The third-order valence-electron chi connectivity index (χ3n) is 5.89. The molecule has 2 aliphatic rings. The van der Waals surface area contributed by atoms with Crippen molar-refractivity contribution >= 4 is 5.91 Å². The summed E-state index contributed by atoms with van der Waals surface area (Å²) < 4.78 is 5.82. The first-order valence-corrected chi connectivity index (χ1v) is 9.79. The largest absolute Gasteiger partial charge is 0.435 e. The molecule has 2 fully saturated rings. The maximum Gasteiger partial charge on any atom is 0.291 e. The highest BCUT2D eigenvalue weighted by atomic mass is 16.4. The van der Waals surface area contributed by atoms with Crippen molar-refractivity contribution in [1.29, 1.82) is 0 Å². The van der Waals surface area contributed by atoms with Gasteiger partial charge in [0.05, 0.1) is 11.3 Å². The van der Waals surface area contributed by atoms with Gasteiger partial charge in [0, 0.05) is 24.9 Å². The summed E-state index contributed by atoms with van der Waals surface area (Å²) in [5, 5.41) is 10.8. The molecule has 3 rings (SSSR count). The lowest BCUT2D eigenvalue weighted by Crippen LogP contribution is -2.50. The fraction of sp³-hybridized carbons (Fsp3) is 0.800. The number of nitrogens with zero attached hydrogens (tertiary/aromatic N) is 2. The van der Waals surface area contributed by atoms with Gasteiger partial charge in [0.1, 0.15) is 0 Å². The van der Waals surface area contributed by atoms with Crippen LogP contribution in [0.4, 0.5) is 0 Å². The predicted molar refractivity (Wildman–Crippen MR) is 96.4 cm³/mol. The Kier molecular flexibility index (Phi) is 5.24. The first-order chi connectivity index (χ1) is 11.8. The number of hydrogen-bond donors (Lipinski definition) is 1. The van der Waals surface area contributed by atoms with Gasteiger partial charge >= 0.3 is 0 Å². The molecule has 1 N–H and O–H groups in total. The van der Waals surface area contributed by atoms with Crippen molar-refractivity contribution in [2.24, 2.45) is 11.8 Å². The lowest BCUT2D eigenvalue weighted by Gasteiger charge is -2.43. The van der Waals surface area contributed by atoms with E-state index in [9.17, 15) is 9.90 Å². The molecule has 0 radical (unpaired) electrons. The van der Waals surface area contributed by atoms with E-state index in [0.717, 1.165) is 51.5 Å². The smallest absolute Gasteiger partial charge is 0.291 e. The lowest BCUT2D eigenvalue weighted by atomic mass is 9.72. The summed E-state index contributed by atoms with van der Waals surface area (Å²) in [4.78, 5) is 19.5. The number of aryl methyl sites for hydroxylation is 1. The Hall–Kier alpha value is -1.36. The van der Waals surface area contributed by atoms with Crippen molar-refractivity contribution < 1.29 is 14.3 Å². The molecule has 0 spiro atoms. The summed E-state index contributed by atoms with van der Waals surface area (Å²) in [6.07, 6.45) is 6.75. The predicted octanol–water partition coefficient (Wildman–Crippen LogP) is 3.73. The van der Waals surface area contributed by atoms with Crippen molar-refractivity contribution in [1.82, 2.24) is 9.88 Å². The summed E-state index contributed by atoms with van der Waals surface area (Å²) >= 11 is 0. The van der Waals surface area contributed by atoms with E-state index in [1.807, 2.05) is 18.7 Å². The Labute approximate surface area is 150 Å². The van der Waals surface area contributed by atoms with Crippen LogP contribution in [-0.2, 0) is 6.42 Å². The van der Waals surface area contributed by atoms with E-state index in [2.05, 4.69) is 18.8 Å². The number of rotatable bonds is 4. The van der Waals surface area contributed by atoms with Crippen LogP contribution in [0.3, 0.4) is 0 Å². The highest BCUT2D eigenvalue weighted by Crippen LogP contribution is 2.41. The molecule has 25 heavy (non-hydrogen) atoms. The highest BCUT2D eigenvalue weighted by molar-refractivity contribution is 5.92. The van der Waals surface area contributed by atoms with Gasteiger partial charge in [-0.1, -0.05) is 26.7 Å². The van der Waals surface area contributed by atoms with Crippen molar-refractivity contribution in [3.63, 3.8) is 0 Å². The van der Waals surface area contributed by atoms with Crippen molar-refractivity contribution in [2.75, 3.05) is 6.54 Å². The van der Waals surface area contributed by atoms with E-state index in [0.29, 0.717) is 23.3 Å². The second kappa shape index (κ2) is 7.10. The highest BCUT2D eigenvalue weighted by Gasteiger charge is 2.45. The van der Waals surface area contributed by atoms with Crippen LogP contribution in [0.15, 0.2) is 4.42 Å². The van der Waals surface area contributed by atoms with Crippen LogP contribution in [0.25, 0.3) is 0 Å². The maximum atomic E-state index is 13.1. The van der Waals surface area contributed by atoms with Gasteiger partial charge in [-0.25, -0.2) is 4.98 Å². The Bertz CT molecular complexity index is 620. The Balaban J connectivity index is 1.80. The molecular formula is C20H32N2O3. The van der Waals surface area contributed by atoms with Crippen LogP contribution in [0.2, 0.25) is 0 Å². The molecule has 3 atom stereocenters. The maximum absolute atomic E-state index is 13.1. The first kappa shape index (κ1) is 18.4. The second-order valence-corrected chi connectivity index (χ2v) is 8.54. The van der Waals surface area contributed by atoms with Gasteiger partial charge in [-0.2, -0.15) is 0 Å². The Morgan fingerprint density at radius 3 is 2.80 bits per heavy atom. The van der Waals surface area contributed by atoms with Gasteiger partial charge in [0.25, 0.3) is 5.91 Å². The number of amides is 1. The molecule has 140 valence electrons. The van der Waals surface area contributed by atoms with E-state index in [1.54, 1.807) is 0 Å². The third-order valence-corrected chi connectivity index (χ3v) is 5.89. The van der Waals surface area contributed by atoms with Crippen LogP contribution in [0.1, 0.15) is 81.4 Å². The zero-order valence-corrected chi connectivity index (χ0v) is 16.0. The molecule has 1 amide bonds. The van der Waals surface area contributed by atoms with E-state index in [-0.39, 0.29) is 17.9 Å². The third kappa shape index (κ3) is 3.76. The molecule has 1 aliphatic heterocycles. The minimum absolute atomic E-state index is 0.0520. The van der Waals surface area contributed by atoms with E-state index < -0.39 is 5.60 Å². The quantitative estimate of drug-likeness (QED) is 0.900. The van der Waals surface area contributed by atoms with Crippen LogP contribution >= 0.6 is 0 Å². The first-order valence-electron chi connectivity index (χ1n) is 9.79. The van der Waals surface area contributed by atoms with Crippen molar-refractivity contribution in [3.8, 4) is 0 Å². The number of carbonyl (C=O) groups is 1. The Morgan fingerprint density at radius 2 is 2.12 bits per heavy atom. The minimum atomic E-state index is -0.676. The summed E-state index contributed by atoms with van der Waals surface area (Å²) in [6, 6.07) is 0.112. The number of likely N-dealkylation sites (tertiary alicyclic amines) is 1. The summed E-state index contributed by atoms with van der Waals surface area (Å²) in [5.74, 6) is 1.59. The molecular weight excluding hydrogens is 316 g/mol. The number of carbonyl (C=O) groups excluding carboxylic acids is 1. The number of hydrogen-bond acceptors (Lipinski definition) is 4. The average Bonchev–Trinajstić information content (AvgIpc) is 3.12. The van der Waals surface area contributed by atoms with Crippen molar-refractivity contribution in [2.45, 2.75) is 84.3 Å². The normalized spacial score (nSPS) is 30.2. The monoisotopic (exact) mass is 348 g/mol. The molecule has 1 saturated carbocycles. The zero-order chi connectivity index (χ0) is 18.2. The molecule has 0 aromatic carbocycles. The molecule has 0 bridgehead atoms. The van der Waals surface area contributed by atoms with Crippen LogP contribution in [0.5, 0.6) is 0 Å². The van der Waals surface area contributed by atoms with E-state index >= 15 is 0 Å². The van der Waals surface area contributed by atoms with E-state index in [4.69, 9.17) is 4.42 Å². The van der Waals surface area contributed by atoms with Gasteiger partial charge < -0.3 is 14.4 Å². The molecule has 2 heterocycles. The standard InChI is InChI=1S/C20H32N2O3/c1-13(2)12-17-21-14(3)18(25-17)19(23)22-11-7-9-16(22)15-8-5-6-10-20(15,4)24/h13,15-16,24H,5-12H2,1-4H3. The minimum Gasteiger partial charge on any atom is -0.435 e. The van der Waals surface area contributed by atoms with Crippen LogP contribution in [0, 0.1) is 18.8 Å². The summed E-state index contributed by atoms with van der Waals surface area (Å²) in [6.45, 7) is 8.77. The van der Waals surface area contributed by atoms with Crippen LogP contribution < -0.4 is 0 Å². The fourth-order valence-corrected chi connectivity index (χ4v) is 4.63. The molecule has 1 aromatic heterocycles. The molecule has 1 aromatic rings. The van der Waals surface area contributed by atoms with E-state index in [1.165, 1.54) is 0 Å². The fourth-order valence-electron chi connectivity index (χ4n) is 4.63. The summed E-state index contributed by atoms with van der Waals surface area (Å²) in [5.41, 5.74) is 0.00659. The van der Waals surface area contributed by atoms with Gasteiger partial charge in [-0.3, -0.25) is 4.79 Å². The van der Waals surface area contributed by atoms with Crippen LogP contribution in [-0.4, -0.2) is 39.1 Å². The van der Waals surface area contributed by atoms with Gasteiger partial charge in [-0.15, -0.1) is 0 Å². The topological polar surface area (TPSA) is 66.6 Å². The van der Waals surface area contributed by atoms with Gasteiger partial charge in [0.2, 0.25) is 5.76 Å². The zero-order valence-electron chi connectivity index (χ0n) is 16.0. The lowest BCUT2D eigenvalue weighted by molar-refractivity contribution is -0.0580. The second-order valence-electron chi connectivity index (χ2n) is 8.54. The number of aromatic nitrogens is 1. The molecule has 1 aliphatic carbocycles. The number of aliphatic hydroxyl groups is 1. The van der Waals surface area contributed by atoms with Gasteiger partial charge in [-0.05, 0) is 45.4 Å². The molecule has 5 nitrogen and oxygen atoms in total. The average molecular weight is 348 g/mol. The molecule has 1 saturated heterocycles.